The zero-order valence-corrected chi connectivity index (χ0v) is 23.1. The summed E-state index contributed by atoms with van der Waals surface area (Å²) in [6, 6.07) is 2.09. The number of hydrogen-bond acceptors (Lipinski definition) is 7. The summed E-state index contributed by atoms with van der Waals surface area (Å²) in [5.74, 6) is -2.67. The normalized spacial score (nSPS) is 17.7. The van der Waals surface area contributed by atoms with E-state index < -0.39 is 38.8 Å². The van der Waals surface area contributed by atoms with Gasteiger partial charge in [0.25, 0.3) is 5.56 Å². The Labute approximate surface area is 228 Å². The Morgan fingerprint density at radius 1 is 1.13 bits per heavy atom. The van der Waals surface area contributed by atoms with Crippen LogP contribution in [-0.2, 0) is 19.4 Å². The van der Waals surface area contributed by atoms with Crippen molar-refractivity contribution in [3.05, 3.63) is 39.8 Å². The van der Waals surface area contributed by atoms with Crippen molar-refractivity contribution < 1.29 is 36.3 Å². The number of carbonyl (C=O) groups is 2. The minimum Gasteiger partial charge on any atom is -0.475 e. The highest BCUT2D eigenvalue weighted by Crippen LogP contribution is 2.33. The Bertz CT molecular complexity index is 1300. The van der Waals surface area contributed by atoms with Crippen LogP contribution in [0.2, 0.25) is 0 Å². The van der Waals surface area contributed by atoms with Crippen molar-refractivity contribution in [3.63, 3.8) is 0 Å². The molecule has 0 spiro atoms. The van der Waals surface area contributed by atoms with Gasteiger partial charge in [-0.05, 0) is 38.2 Å². The van der Waals surface area contributed by atoms with Gasteiger partial charge in [0.1, 0.15) is 6.04 Å². The highest BCUT2D eigenvalue weighted by molar-refractivity contribution is 7.92. The number of carboxylic acid groups (broad SMARTS) is 1. The lowest BCUT2D eigenvalue weighted by Crippen LogP contribution is -2.36. The quantitative estimate of drug-likeness (QED) is 0.457. The van der Waals surface area contributed by atoms with Gasteiger partial charge in [-0.1, -0.05) is 44.9 Å². The molecule has 1 amide bonds. The number of amides is 1. The van der Waals surface area contributed by atoms with E-state index in [1.807, 2.05) is 0 Å². The van der Waals surface area contributed by atoms with Crippen LogP contribution in [0.3, 0.4) is 0 Å². The van der Waals surface area contributed by atoms with Crippen LogP contribution in [-0.4, -0.2) is 46.4 Å². The van der Waals surface area contributed by atoms with Gasteiger partial charge in [-0.25, -0.2) is 18.2 Å². The number of thiazole rings is 1. The summed E-state index contributed by atoms with van der Waals surface area (Å²) in [6.45, 7) is 1.72. The van der Waals surface area contributed by atoms with Crippen LogP contribution < -0.4 is 10.9 Å². The predicted molar refractivity (Wildman–Crippen MR) is 140 cm³/mol. The van der Waals surface area contributed by atoms with Gasteiger partial charge in [0.15, 0.2) is 15.0 Å². The summed E-state index contributed by atoms with van der Waals surface area (Å²) in [5.41, 5.74) is 0.0702. The topological polar surface area (TPSA) is 135 Å². The molecule has 2 N–H and O–H groups in total. The SMILES string of the molecule is Cc1cc(S(=O)(=O)C2CCCC2)cc(=O)n1C(CC1CCCCC1)C(=O)Nc1nccs1.O=C(O)C(F)(F)F. The molecule has 4 rings (SSSR count). The van der Waals surface area contributed by atoms with Gasteiger partial charge in [-0.3, -0.25) is 9.59 Å². The van der Waals surface area contributed by atoms with Crippen molar-refractivity contribution in [1.29, 1.82) is 0 Å². The van der Waals surface area contributed by atoms with Gasteiger partial charge in [-0.15, -0.1) is 11.3 Å². The molecule has 0 radical (unpaired) electrons. The third kappa shape index (κ3) is 8.13. The monoisotopic (exact) mass is 591 g/mol. The molecule has 2 heterocycles. The molecule has 1 unspecified atom stereocenters. The number of anilines is 1. The Balaban J connectivity index is 0.000000532. The molecule has 2 saturated carbocycles. The maximum atomic E-state index is 13.3. The zero-order chi connectivity index (χ0) is 28.8. The summed E-state index contributed by atoms with van der Waals surface area (Å²) in [5, 5.41) is 11.8. The molecule has 9 nitrogen and oxygen atoms in total. The zero-order valence-electron chi connectivity index (χ0n) is 21.4. The fourth-order valence-corrected chi connectivity index (χ4v) is 7.65. The highest BCUT2D eigenvalue weighted by Gasteiger charge is 2.38. The second-order valence-corrected chi connectivity index (χ2v) is 13.0. The largest absolute Gasteiger partial charge is 0.490 e. The van der Waals surface area contributed by atoms with Crippen LogP contribution in [0.4, 0.5) is 18.3 Å². The van der Waals surface area contributed by atoms with E-state index in [1.165, 1.54) is 28.4 Å². The van der Waals surface area contributed by atoms with Crippen LogP contribution in [0, 0.1) is 12.8 Å². The number of sulfone groups is 1. The van der Waals surface area contributed by atoms with Crippen LogP contribution in [0.5, 0.6) is 0 Å². The van der Waals surface area contributed by atoms with E-state index in [1.54, 1.807) is 24.6 Å². The maximum Gasteiger partial charge on any atom is 0.490 e. The molecule has 0 bridgehead atoms. The first kappa shape index (κ1) is 30.8. The van der Waals surface area contributed by atoms with Crippen molar-refractivity contribution in [2.75, 3.05) is 5.32 Å². The van der Waals surface area contributed by atoms with Gasteiger partial charge in [0.05, 0.1) is 10.1 Å². The summed E-state index contributed by atoms with van der Waals surface area (Å²) in [6.07, 6.45) is 5.76. The first-order chi connectivity index (χ1) is 18.3. The number of pyridine rings is 1. The number of carboxylic acids is 1. The molecule has 2 aliphatic carbocycles. The molecule has 216 valence electrons. The second-order valence-electron chi connectivity index (χ2n) is 9.88. The van der Waals surface area contributed by atoms with Crippen molar-refractivity contribution in [1.82, 2.24) is 9.55 Å². The molecule has 14 heteroatoms. The van der Waals surface area contributed by atoms with Crippen molar-refractivity contribution in [2.45, 2.75) is 93.5 Å². The number of nitrogens with one attached hydrogen (secondary N) is 1. The van der Waals surface area contributed by atoms with Crippen molar-refractivity contribution in [3.8, 4) is 0 Å². The number of rotatable bonds is 7. The first-order valence-corrected chi connectivity index (χ1v) is 15.2. The third-order valence-electron chi connectivity index (χ3n) is 7.10. The summed E-state index contributed by atoms with van der Waals surface area (Å²) >= 11 is 1.33. The lowest BCUT2D eigenvalue weighted by Gasteiger charge is -2.28. The van der Waals surface area contributed by atoms with E-state index in [0.29, 0.717) is 36.0 Å². The smallest absolute Gasteiger partial charge is 0.475 e. The molecular weight excluding hydrogens is 559 g/mol. The Morgan fingerprint density at radius 2 is 1.72 bits per heavy atom. The average Bonchev–Trinajstić information content (AvgIpc) is 3.58. The molecule has 39 heavy (non-hydrogen) atoms. The van der Waals surface area contributed by atoms with E-state index in [-0.39, 0.29) is 10.8 Å². The highest BCUT2D eigenvalue weighted by atomic mass is 32.2. The van der Waals surface area contributed by atoms with Gasteiger partial charge < -0.3 is 15.0 Å². The number of halogens is 3. The molecule has 1 atom stereocenters. The summed E-state index contributed by atoms with van der Waals surface area (Å²) in [4.78, 5) is 39.6. The van der Waals surface area contributed by atoms with Crippen molar-refractivity contribution in [2.24, 2.45) is 5.92 Å². The van der Waals surface area contributed by atoms with Gasteiger partial charge in [0, 0.05) is 23.3 Å². The van der Waals surface area contributed by atoms with E-state index in [9.17, 15) is 31.2 Å². The molecule has 2 aliphatic rings. The number of aliphatic carboxylic acids is 1. The number of alkyl halides is 3. The standard InChI is InChI=1S/C23H31N3O4S2.C2HF3O2/c1-16-13-19(32(29,30)18-9-5-6-10-18)15-21(27)26(16)20(14-17-7-3-2-4-8-17)22(28)25-23-24-11-12-31-23;3-2(4,5)1(6)7/h11-13,15,17-18,20H,2-10,14H2,1H3,(H,24,25,28);(H,6,7). The predicted octanol–water partition coefficient (Wildman–Crippen LogP) is 5.11. The minimum absolute atomic E-state index is 0.0832. The van der Waals surface area contributed by atoms with E-state index in [0.717, 1.165) is 38.5 Å². The number of aromatic nitrogens is 2. The molecular formula is C25H32F3N3O6S2. The number of nitrogens with zero attached hydrogens (tertiary/aromatic N) is 2. The summed E-state index contributed by atoms with van der Waals surface area (Å²) in [7, 11) is -3.54. The second kappa shape index (κ2) is 13.1. The average molecular weight is 592 g/mol. The number of carbonyl (C=O) groups excluding carboxylic acids is 1. The molecule has 0 aromatic carbocycles. The molecule has 2 aromatic heterocycles. The minimum atomic E-state index is -5.08. The molecule has 0 aliphatic heterocycles. The lowest BCUT2D eigenvalue weighted by atomic mass is 9.84. The molecule has 0 saturated heterocycles. The van der Waals surface area contributed by atoms with Crippen LogP contribution >= 0.6 is 11.3 Å². The fraction of sp³-hybridized carbons (Fsp3) is 0.600. The number of hydrogen-bond donors (Lipinski definition) is 2. The van der Waals surface area contributed by atoms with Crippen molar-refractivity contribution >= 4 is 38.2 Å². The molecule has 2 aromatic rings. The molecule has 2 fully saturated rings. The number of aryl methyl sites for hydroxylation is 1. The first-order valence-electron chi connectivity index (χ1n) is 12.8. The van der Waals surface area contributed by atoms with Crippen LogP contribution in [0.25, 0.3) is 0 Å². The lowest BCUT2D eigenvalue weighted by molar-refractivity contribution is -0.192. The van der Waals surface area contributed by atoms with E-state index in [2.05, 4.69) is 10.3 Å². The Hall–Kier alpha value is -2.74. The van der Waals surface area contributed by atoms with Crippen LogP contribution in [0.1, 0.15) is 75.9 Å². The maximum absolute atomic E-state index is 13.3. The van der Waals surface area contributed by atoms with E-state index >= 15 is 0 Å². The van der Waals surface area contributed by atoms with Crippen LogP contribution in [0.15, 0.2) is 33.4 Å². The van der Waals surface area contributed by atoms with E-state index in [4.69, 9.17) is 9.90 Å². The van der Waals surface area contributed by atoms with Gasteiger partial charge in [-0.2, -0.15) is 13.2 Å². The Kier molecular flexibility index (Phi) is 10.3. The van der Waals surface area contributed by atoms with Gasteiger partial charge in [0.2, 0.25) is 5.91 Å². The fourth-order valence-electron chi connectivity index (χ4n) is 5.18. The third-order valence-corrected chi connectivity index (χ3v) is 10.0. The summed E-state index contributed by atoms with van der Waals surface area (Å²) < 4.78 is 59.3. The van der Waals surface area contributed by atoms with Gasteiger partial charge >= 0.3 is 12.1 Å². The Morgan fingerprint density at radius 3 is 2.23 bits per heavy atom.